The van der Waals surface area contributed by atoms with Gasteiger partial charge in [-0.25, -0.2) is 0 Å². The Morgan fingerprint density at radius 1 is 1.07 bits per heavy atom. The van der Waals surface area contributed by atoms with E-state index >= 15 is 0 Å². The van der Waals surface area contributed by atoms with Crippen molar-refractivity contribution in [3.8, 4) is 0 Å². The highest BCUT2D eigenvalue weighted by molar-refractivity contribution is 5.94. The lowest BCUT2D eigenvalue weighted by atomic mass is 9.98. The van der Waals surface area contributed by atoms with Gasteiger partial charge in [0, 0.05) is 44.0 Å². The van der Waals surface area contributed by atoms with Crippen molar-refractivity contribution in [2.24, 2.45) is 7.05 Å². The predicted octanol–water partition coefficient (Wildman–Crippen LogP) is 2.20. The Labute approximate surface area is 158 Å². The summed E-state index contributed by atoms with van der Waals surface area (Å²) >= 11 is 0. The van der Waals surface area contributed by atoms with Crippen LogP contribution in [0.1, 0.15) is 46.4 Å². The third kappa shape index (κ3) is 4.64. The Hall–Kier alpha value is -2.89. The molecule has 3 rings (SSSR count). The largest absolute Gasteiger partial charge is 0.352 e. The van der Waals surface area contributed by atoms with Gasteiger partial charge in [-0.2, -0.15) is 0 Å². The van der Waals surface area contributed by atoms with Gasteiger partial charge in [-0.05, 0) is 43.9 Å². The zero-order chi connectivity index (χ0) is 19.2. The first-order valence-corrected chi connectivity index (χ1v) is 9.37. The van der Waals surface area contributed by atoms with Crippen LogP contribution < -0.4 is 10.9 Å². The Balaban J connectivity index is 1.61. The molecule has 0 unspecified atom stereocenters. The van der Waals surface area contributed by atoms with E-state index in [1.165, 1.54) is 10.6 Å². The van der Waals surface area contributed by atoms with Crippen molar-refractivity contribution in [3.63, 3.8) is 0 Å². The number of benzene rings is 1. The van der Waals surface area contributed by atoms with Crippen molar-refractivity contribution in [1.82, 2.24) is 14.8 Å². The van der Waals surface area contributed by atoms with Gasteiger partial charge in [0.2, 0.25) is 5.56 Å². The zero-order valence-corrected chi connectivity index (χ0v) is 15.6. The molecule has 0 radical (unpaired) electrons. The van der Waals surface area contributed by atoms with Crippen molar-refractivity contribution in [2.45, 2.75) is 31.7 Å². The summed E-state index contributed by atoms with van der Waals surface area (Å²) in [6.07, 6.45) is 5.29. The van der Waals surface area contributed by atoms with Gasteiger partial charge in [-0.1, -0.05) is 18.2 Å². The van der Waals surface area contributed by atoms with Crippen LogP contribution in [-0.4, -0.2) is 40.4 Å². The van der Waals surface area contributed by atoms with E-state index in [9.17, 15) is 14.4 Å². The smallest absolute Gasteiger partial charge is 0.255 e. The number of likely N-dealkylation sites (tertiary alicyclic amines) is 1. The van der Waals surface area contributed by atoms with E-state index in [2.05, 4.69) is 5.32 Å². The lowest BCUT2D eigenvalue weighted by Crippen LogP contribution is -2.45. The van der Waals surface area contributed by atoms with E-state index in [4.69, 9.17) is 0 Å². The summed E-state index contributed by atoms with van der Waals surface area (Å²) in [4.78, 5) is 38.5. The van der Waals surface area contributed by atoms with Crippen LogP contribution in [0.15, 0.2) is 53.5 Å². The maximum Gasteiger partial charge on any atom is 0.255 e. The highest BCUT2D eigenvalue weighted by Gasteiger charge is 2.27. The zero-order valence-electron chi connectivity index (χ0n) is 15.6. The molecule has 1 fully saturated rings. The molecule has 2 amide bonds. The number of nitrogens with zero attached hydrogens (tertiary/aromatic N) is 2. The molecule has 2 heterocycles. The standard InChI is InChI=1S/C21H25N3O3/c1-23-15-17(10-11-19(23)25)21(27)24-14-6-5-9-18(24)12-13-22-20(26)16-7-3-2-4-8-16/h2-4,7-8,10-11,15,18H,5-6,9,12-14H2,1H3,(H,22,26)/t18-/m0/s1. The first kappa shape index (κ1) is 18.9. The van der Waals surface area contributed by atoms with Crippen molar-refractivity contribution in [2.75, 3.05) is 13.1 Å². The lowest BCUT2D eigenvalue weighted by molar-refractivity contribution is 0.0600. The normalized spacial score (nSPS) is 16.8. The van der Waals surface area contributed by atoms with E-state index in [0.29, 0.717) is 24.2 Å². The second-order valence-corrected chi connectivity index (χ2v) is 6.93. The van der Waals surface area contributed by atoms with Gasteiger partial charge >= 0.3 is 0 Å². The Kier molecular flexibility index (Phi) is 6.06. The number of hydrogen-bond acceptors (Lipinski definition) is 3. The number of aromatic nitrogens is 1. The van der Waals surface area contributed by atoms with Crippen LogP contribution in [0.25, 0.3) is 0 Å². The average molecular weight is 367 g/mol. The number of carbonyl (C=O) groups excluding carboxylic acids is 2. The highest BCUT2D eigenvalue weighted by Crippen LogP contribution is 2.21. The minimum atomic E-state index is -0.134. The molecule has 0 aliphatic carbocycles. The molecule has 1 aromatic carbocycles. The molecular formula is C21H25N3O3. The molecule has 142 valence electrons. The third-order valence-electron chi connectivity index (χ3n) is 5.02. The van der Waals surface area contributed by atoms with E-state index in [-0.39, 0.29) is 23.4 Å². The second kappa shape index (κ2) is 8.66. The van der Waals surface area contributed by atoms with Crippen molar-refractivity contribution in [1.29, 1.82) is 0 Å². The second-order valence-electron chi connectivity index (χ2n) is 6.93. The highest BCUT2D eigenvalue weighted by atomic mass is 16.2. The van der Waals surface area contributed by atoms with Gasteiger partial charge in [0.05, 0.1) is 5.56 Å². The summed E-state index contributed by atoms with van der Waals surface area (Å²) in [7, 11) is 1.64. The van der Waals surface area contributed by atoms with Crippen LogP contribution >= 0.6 is 0 Å². The Bertz CT molecular complexity index is 860. The third-order valence-corrected chi connectivity index (χ3v) is 5.02. The first-order chi connectivity index (χ1) is 13.1. The molecule has 2 aromatic rings. The van der Waals surface area contributed by atoms with Crippen molar-refractivity contribution < 1.29 is 9.59 Å². The minimum absolute atomic E-state index is 0.0512. The fraction of sp³-hybridized carbons (Fsp3) is 0.381. The predicted molar refractivity (Wildman–Crippen MR) is 104 cm³/mol. The number of pyridine rings is 1. The van der Waals surface area contributed by atoms with Gasteiger partial charge in [-0.3, -0.25) is 14.4 Å². The molecule has 1 aromatic heterocycles. The summed E-state index contributed by atoms with van der Waals surface area (Å²) in [6, 6.07) is 12.2. The molecule has 1 saturated heterocycles. The fourth-order valence-electron chi connectivity index (χ4n) is 3.50. The number of rotatable bonds is 5. The van der Waals surface area contributed by atoms with Crippen LogP contribution in [0.4, 0.5) is 0 Å². The summed E-state index contributed by atoms with van der Waals surface area (Å²) in [5.41, 5.74) is 1.03. The van der Waals surface area contributed by atoms with Crippen LogP contribution in [0, 0.1) is 0 Å². The molecule has 0 spiro atoms. The van der Waals surface area contributed by atoms with Gasteiger partial charge in [0.15, 0.2) is 0 Å². The average Bonchev–Trinajstić information content (AvgIpc) is 2.70. The molecule has 1 atom stereocenters. The molecular weight excluding hydrogens is 342 g/mol. The molecule has 27 heavy (non-hydrogen) atoms. The fourth-order valence-corrected chi connectivity index (χ4v) is 3.50. The summed E-state index contributed by atoms with van der Waals surface area (Å²) < 4.78 is 1.42. The Morgan fingerprint density at radius 3 is 2.59 bits per heavy atom. The lowest BCUT2D eigenvalue weighted by Gasteiger charge is -2.36. The monoisotopic (exact) mass is 367 g/mol. The van der Waals surface area contributed by atoms with E-state index in [1.54, 1.807) is 31.4 Å². The number of carbonyl (C=O) groups is 2. The molecule has 6 heteroatoms. The maximum atomic E-state index is 12.9. The van der Waals surface area contributed by atoms with Crippen LogP contribution in [-0.2, 0) is 7.05 Å². The molecule has 0 bridgehead atoms. The molecule has 0 saturated carbocycles. The number of aryl methyl sites for hydroxylation is 1. The molecule has 6 nitrogen and oxygen atoms in total. The number of amides is 2. The van der Waals surface area contributed by atoms with E-state index in [0.717, 1.165) is 25.7 Å². The van der Waals surface area contributed by atoms with Crippen molar-refractivity contribution >= 4 is 11.8 Å². The van der Waals surface area contributed by atoms with Gasteiger partial charge in [0.1, 0.15) is 0 Å². The molecule has 1 N–H and O–H groups in total. The number of nitrogens with one attached hydrogen (secondary N) is 1. The first-order valence-electron chi connectivity index (χ1n) is 9.37. The molecule has 1 aliphatic rings. The van der Waals surface area contributed by atoms with Crippen LogP contribution in [0.2, 0.25) is 0 Å². The summed E-state index contributed by atoms with van der Waals surface area (Å²) in [5.74, 6) is -0.146. The quantitative estimate of drug-likeness (QED) is 0.881. The van der Waals surface area contributed by atoms with E-state index < -0.39 is 0 Å². The van der Waals surface area contributed by atoms with Gasteiger partial charge in [0.25, 0.3) is 11.8 Å². The number of hydrogen-bond donors (Lipinski definition) is 1. The topological polar surface area (TPSA) is 71.4 Å². The van der Waals surface area contributed by atoms with Crippen LogP contribution in [0.5, 0.6) is 0 Å². The summed E-state index contributed by atoms with van der Waals surface area (Å²) in [5, 5.41) is 2.94. The minimum Gasteiger partial charge on any atom is -0.352 e. The maximum absolute atomic E-state index is 12.9. The van der Waals surface area contributed by atoms with Crippen LogP contribution in [0.3, 0.4) is 0 Å². The molecule has 1 aliphatic heterocycles. The Morgan fingerprint density at radius 2 is 1.85 bits per heavy atom. The summed E-state index contributed by atoms with van der Waals surface area (Å²) in [6.45, 7) is 1.23. The van der Waals surface area contributed by atoms with Crippen molar-refractivity contribution in [3.05, 3.63) is 70.1 Å². The van der Waals surface area contributed by atoms with E-state index in [1.807, 2.05) is 23.1 Å². The van der Waals surface area contributed by atoms with Gasteiger partial charge < -0.3 is 14.8 Å². The van der Waals surface area contributed by atoms with Gasteiger partial charge in [-0.15, -0.1) is 0 Å². The number of piperidine rings is 1. The SMILES string of the molecule is Cn1cc(C(=O)N2CCCC[C@H]2CCNC(=O)c2ccccc2)ccc1=O.